The molecule has 1 heterocycles. The van der Waals surface area contributed by atoms with Crippen LogP contribution in [0.5, 0.6) is 11.5 Å². The first kappa shape index (κ1) is 26.4. The molecule has 0 bridgehead atoms. The quantitative estimate of drug-likeness (QED) is 0.370. The number of hydrazone groups is 1. The van der Waals surface area contributed by atoms with E-state index in [1.165, 1.54) is 19.8 Å². The Morgan fingerprint density at radius 2 is 1.92 bits per heavy atom. The highest BCUT2D eigenvalue weighted by Gasteiger charge is 2.31. The molecule has 1 aliphatic carbocycles. The van der Waals surface area contributed by atoms with Gasteiger partial charge in [0.15, 0.2) is 11.5 Å². The molecule has 2 aromatic carbocycles. The molecule has 2 aliphatic rings. The minimum atomic E-state index is -0.665. The van der Waals surface area contributed by atoms with E-state index in [2.05, 4.69) is 12.2 Å². The molecule has 2 unspecified atom stereocenters. The standard InChI is InChI=1S/C29H35N3O5/c1-4-21-15-24(18-33)32(17-20-8-7-9-23(14-20)30-29(35)19(2)34)31-28(21)22-12-13-26(36-3)27(16-22)37-25-10-5-6-11-25/h7-9,12-14,16,18,21,24-25H,4-6,10-11,15,17H2,1-3H3,(H,30,35). The smallest absolute Gasteiger partial charge is 0.291 e. The zero-order valence-corrected chi connectivity index (χ0v) is 21.7. The number of anilines is 1. The van der Waals surface area contributed by atoms with Gasteiger partial charge in [-0.2, -0.15) is 5.10 Å². The summed E-state index contributed by atoms with van der Waals surface area (Å²) in [7, 11) is 1.65. The highest BCUT2D eigenvalue weighted by molar-refractivity contribution is 6.39. The van der Waals surface area contributed by atoms with Crippen molar-refractivity contribution in [2.45, 2.75) is 71.1 Å². The van der Waals surface area contributed by atoms with Gasteiger partial charge in [-0.25, -0.2) is 0 Å². The van der Waals surface area contributed by atoms with Gasteiger partial charge < -0.3 is 19.6 Å². The molecule has 1 aliphatic heterocycles. The van der Waals surface area contributed by atoms with E-state index < -0.39 is 11.7 Å². The fourth-order valence-corrected chi connectivity index (χ4v) is 5.02. The van der Waals surface area contributed by atoms with Crippen molar-refractivity contribution >= 4 is 29.4 Å². The summed E-state index contributed by atoms with van der Waals surface area (Å²) in [4.78, 5) is 35.2. The van der Waals surface area contributed by atoms with E-state index in [0.717, 1.165) is 48.1 Å². The normalized spacial score (nSPS) is 19.8. The number of nitrogens with zero attached hydrogens (tertiary/aromatic N) is 2. The number of ether oxygens (including phenoxy) is 2. The van der Waals surface area contributed by atoms with Gasteiger partial charge in [0.1, 0.15) is 12.3 Å². The van der Waals surface area contributed by atoms with E-state index in [4.69, 9.17) is 14.6 Å². The monoisotopic (exact) mass is 505 g/mol. The number of carbonyl (C=O) groups excluding carboxylic acids is 3. The van der Waals surface area contributed by atoms with Crippen molar-refractivity contribution in [2.24, 2.45) is 11.0 Å². The number of Topliss-reactive ketones (excluding diaryl/α,β-unsaturated/α-hetero) is 1. The average Bonchev–Trinajstić information content (AvgIpc) is 3.41. The molecule has 8 nitrogen and oxygen atoms in total. The zero-order valence-electron chi connectivity index (χ0n) is 21.7. The first-order valence-corrected chi connectivity index (χ1v) is 13.0. The topological polar surface area (TPSA) is 97.3 Å². The van der Waals surface area contributed by atoms with Gasteiger partial charge in [-0.15, -0.1) is 0 Å². The molecule has 1 saturated carbocycles. The molecule has 0 spiro atoms. The molecule has 0 aromatic heterocycles. The van der Waals surface area contributed by atoms with Crippen molar-refractivity contribution in [3.05, 3.63) is 53.6 Å². The number of amides is 1. The summed E-state index contributed by atoms with van der Waals surface area (Å²) >= 11 is 0. The number of benzene rings is 2. The van der Waals surface area contributed by atoms with Crippen LogP contribution in [-0.4, -0.2) is 48.0 Å². The molecule has 37 heavy (non-hydrogen) atoms. The number of rotatable bonds is 10. The fourth-order valence-electron chi connectivity index (χ4n) is 5.02. The van der Waals surface area contributed by atoms with Crippen LogP contribution in [0, 0.1) is 5.92 Å². The van der Waals surface area contributed by atoms with Crippen molar-refractivity contribution in [2.75, 3.05) is 12.4 Å². The van der Waals surface area contributed by atoms with Crippen LogP contribution in [0.3, 0.4) is 0 Å². The second-order valence-electron chi connectivity index (χ2n) is 9.73. The van der Waals surface area contributed by atoms with E-state index in [9.17, 15) is 14.4 Å². The lowest BCUT2D eigenvalue weighted by Gasteiger charge is -2.35. The first-order chi connectivity index (χ1) is 17.9. The number of nitrogens with one attached hydrogen (secondary N) is 1. The minimum absolute atomic E-state index is 0.125. The van der Waals surface area contributed by atoms with Crippen LogP contribution in [0.4, 0.5) is 5.69 Å². The molecule has 1 amide bonds. The largest absolute Gasteiger partial charge is 0.493 e. The summed E-state index contributed by atoms with van der Waals surface area (Å²) in [5, 5.41) is 9.39. The lowest BCUT2D eigenvalue weighted by molar-refractivity contribution is -0.133. The van der Waals surface area contributed by atoms with Crippen LogP contribution in [0.25, 0.3) is 0 Å². The number of hydrogen-bond donors (Lipinski definition) is 1. The Labute approximate surface area is 218 Å². The molecule has 1 N–H and O–H groups in total. The third kappa shape index (κ3) is 6.37. The van der Waals surface area contributed by atoms with Crippen molar-refractivity contribution in [3.63, 3.8) is 0 Å². The van der Waals surface area contributed by atoms with Crippen LogP contribution in [0.1, 0.15) is 63.5 Å². The maximum Gasteiger partial charge on any atom is 0.291 e. The lowest BCUT2D eigenvalue weighted by Crippen LogP contribution is -2.41. The third-order valence-corrected chi connectivity index (χ3v) is 7.09. The second kappa shape index (κ2) is 12.0. The molecule has 4 rings (SSSR count). The summed E-state index contributed by atoms with van der Waals surface area (Å²) in [6, 6.07) is 12.8. The van der Waals surface area contributed by atoms with Crippen LogP contribution in [0.15, 0.2) is 47.6 Å². The molecule has 2 aromatic rings. The molecule has 1 fully saturated rings. The van der Waals surface area contributed by atoms with Gasteiger partial charge >= 0.3 is 0 Å². The van der Waals surface area contributed by atoms with Crippen LogP contribution >= 0.6 is 0 Å². The molecule has 8 heteroatoms. The summed E-state index contributed by atoms with van der Waals surface area (Å²) < 4.78 is 11.9. The molecule has 196 valence electrons. The Balaban J connectivity index is 1.63. The number of aldehydes is 1. The van der Waals surface area contributed by atoms with E-state index >= 15 is 0 Å². The van der Waals surface area contributed by atoms with Gasteiger partial charge in [0.2, 0.25) is 5.78 Å². The predicted molar refractivity (Wildman–Crippen MR) is 142 cm³/mol. The summed E-state index contributed by atoms with van der Waals surface area (Å²) in [6.45, 7) is 3.72. The van der Waals surface area contributed by atoms with Gasteiger partial charge in [-0.05, 0) is 74.4 Å². The van der Waals surface area contributed by atoms with E-state index in [-0.39, 0.29) is 18.1 Å². The Bertz CT molecular complexity index is 1170. The highest BCUT2D eigenvalue weighted by Crippen LogP contribution is 2.35. The van der Waals surface area contributed by atoms with Crippen molar-refractivity contribution < 1.29 is 23.9 Å². The number of hydrogen-bond acceptors (Lipinski definition) is 7. The lowest BCUT2D eigenvalue weighted by atomic mass is 9.87. The molecule has 0 saturated heterocycles. The van der Waals surface area contributed by atoms with E-state index in [0.29, 0.717) is 24.4 Å². The van der Waals surface area contributed by atoms with Crippen LogP contribution in [0.2, 0.25) is 0 Å². The maximum absolute atomic E-state index is 12.0. The number of methoxy groups -OCH3 is 1. The van der Waals surface area contributed by atoms with Crippen molar-refractivity contribution in [1.29, 1.82) is 0 Å². The Kier molecular flexibility index (Phi) is 8.58. The van der Waals surface area contributed by atoms with Gasteiger partial charge in [0.25, 0.3) is 5.91 Å². The molecule has 2 atom stereocenters. The van der Waals surface area contributed by atoms with Crippen molar-refractivity contribution in [1.82, 2.24) is 5.01 Å². The second-order valence-corrected chi connectivity index (χ2v) is 9.73. The molecule has 0 radical (unpaired) electrons. The third-order valence-electron chi connectivity index (χ3n) is 7.09. The van der Waals surface area contributed by atoms with E-state index in [1.54, 1.807) is 25.3 Å². The number of carbonyl (C=O) groups is 3. The Morgan fingerprint density at radius 3 is 2.59 bits per heavy atom. The van der Waals surface area contributed by atoms with Crippen molar-refractivity contribution in [3.8, 4) is 11.5 Å². The van der Waals surface area contributed by atoms with Gasteiger partial charge in [-0.3, -0.25) is 14.6 Å². The highest BCUT2D eigenvalue weighted by atomic mass is 16.5. The Hall–Kier alpha value is -3.68. The van der Waals surface area contributed by atoms with Crippen LogP contribution < -0.4 is 14.8 Å². The SMILES string of the molecule is CCC1CC(C=O)N(Cc2cccc(NC(=O)C(C)=O)c2)N=C1c1ccc(OC)c(OC2CCCC2)c1. The fraction of sp³-hybridized carbons (Fsp3) is 0.448. The van der Waals surface area contributed by atoms with Crippen LogP contribution in [-0.2, 0) is 20.9 Å². The maximum atomic E-state index is 12.0. The zero-order chi connectivity index (χ0) is 26.4. The summed E-state index contributed by atoms with van der Waals surface area (Å²) in [5.74, 6) is 0.329. The number of ketones is 1. The predicted octanol–water partition coefficient (Wildman–Crippen LogP) is 4.75. The average molecular weight is 506 g/mol. The Morgan fingerprint density at radius 1 is 1.14 bits per heavy atom. The van der Waals surface area contributed by atoms with E-state index in [1.807, 2.05) is 29.3 Å². The van der Waals surface area contributed by atoms with Gasteiger partial charge in [0, 0.05) is 24.1 Å². The first-order valence-electron chi connectivity index (χ1n) is 13.0. The summed E-state index contributed by atoms with van der Waals surface area (Å²) in [6.07, 6.45) is 7.12. The van der Waals surface area contributed by atoms with Gasteiger partial charge in [-0.1, -0.05) is 19.1 Å². The minimum Gasteiger partial charge on any atom is -0.493 e. The summed E-state index contributed by atoms with van der Waals surface area (Å²) in [5.41, 5.74) is 3.26. The molecular formula is C29H35N3O5. The van der Waals surface area contributed by atoms with Gasteiger partial charge in [0.05, 0.1) is 25.5 Å². The molecular weight excluding hydrogens is 470 g/mol.